The average Bonchev–Trinajstić information content (AvgIpc) is 2.41. The molecule has 0 radical (unpaired) electrons. The lowest BCUT2D eigenvalue weighted by Crippen LogP contribution is -2.22. The smallest absolute Gasteiger partial charge is 0.0599 e. The van der Waals surface area contributed by atoms with Crippen LogP contribution in [0.5, 0.6) is 0 Å². The Kier molecular flexibility index (Phi) is 5.46. The quantitative estimate of drug-likeness (QED) is 0.704. The molecular weight excluding hydrogens is 389 g/mol. The number of nitrogens with one attached hydrogen (secondary N) is 1. The highest BCUT2D eigenvalue weighted by atomic mass is 79.9. The molecule has 1 atom stereocenters. The summed E-state index contributed by atoms with van der Waals surface area (Å²) in [7, 11) is 0. The van der Waals surface area contributed by atoms with Crippen LogP contribution in [0.4, 0.5) is 0 Å². The molecule has 100 valence electrons. The summed E-state index contributed by atoms with van der Waals surface area (Å²) in [5, 5.41) is 4.24. The highest BCUT2D eigenvalue weighted by Gasteiger charge is 2.17. The maximum Gasteiger partial charge on any atom is 0.0599 e. The molecule has 0 saturated heterocycles. The van der Waals surface area contributed by atoms with E-state index in [4.69, 9.17) is 11.6 Å². The Balaban J connectivity index is 2.45. The van der Waals surface area contributed by atoms with E-state index < -0.39 is 0 Å². The maximum atomic E-state index is 6.41. The third-order valence-electron chi connectivity index (χ3n) is 2.90. The SMILES string of the molecule is CCNC(c1ccc(Br)cc1)c1cccc(Br)c1Cl. The van der Waals surface area contributed by atoms with Crippen molar-refractivity contribution in [3.8, 4) is 0 Å². The number of rotatable bonds is 4. The molecule has 0 fully saturated rings. The van der Waals surface area contributed by atoms with Crippen molar-refractivity contribution in [3.63, 3.8) is 0 Å². The lowest BCUT2D eigenvalue weighted by Gasteiger charge is -2.20. The van der Waals surface area contributed by atoms with Crippen molar-refractivity contribution in [2.24, 2.45) is 0 Å². The van der Waals surface area contributed by atoms with Gasteiger partial charge in [0, 0.05) is 8.95 Å². The van der Waals surface area contributed by atoms with Gasteiger partial charge >= 0.3 is 0 Å². The van der Waals surface area contributed by atoms with E-state index in [1.807, 2.05) is 24.3 Å². The van der Waals surface area contributed by atoms with Crippen LogP contribution < -0.4 is 5.32 Å². The molecule has 1 N–H and O–H groups in total. The minimum Gasteiger partial charge on any atom is -0.306 e. The zero-order valence-corrected chi connectivity index (χ0v) is 14.4. The molecule has 0 spiro atoms. The van der Waals surface area contributed by atoms with E-state index in [2.05, 4.69) is 62.3 Å². The number of benzene rings is 2. The standard InChI is InChI=1S/C15H14Br2ClN/c1-2-19-15(10-6-8-11(16)9-7-10)12-4-3-5-13(17)14(12)18/h3-9,15,19H,2H2,1H3. The van der Waals surface area contributed by atoms with Gasteiger partial charge in [0.05, 0.1) is 11.1 Å². The molecule has 0 saturated carbocycles. The zero-order valence-electron chi connectivity index (χ0n) is 10.5. The van der Waals surface area contributed by atoms with Gasteiger partial charge < -0.3 is 5.32 Å². The lowest BCUT2D eigenvalue weighted by molar-refractivity contribution is 0.630. The van der Waals surface area contributed by atoms with Gasteiger partial charge in [0.15, 0.2) is 0 Å². The molecule has 0 aliphatic carbocycles. The van der Waals surface area contributed by atoms with Crippen LogP contribution in [-0.4, -0.2) is 6.54 Å². The van der Waals surface area contributed by atoms with Crippen molar-refractivity contribution in [3.05, 3.63) is 67.6 Å². The molecule has 2 aromatic carbocycles. The molecule has 1 unspecified atom stereocenters. The van der Waals surface area contributed by atoms with Gasteiger partial charge in [-0.25, -0.2) is 0 Å². The molecule has 0 aromatic heterocycles. The summed E-state index contributed by atoms with van der Waals surface area (Å²) < 4.78 is 2.00. The first-order valence-corrected chi connectivity index (χ1v) is 8.02. The van der Waals surface area contributed by atoms with Crippen LogP contribution in [0.25, 0.3) is 0 Å². The number of halogens is 3. The Labute approximate surface area is 135 Å². The summed E-state index contributed by atoms with van der Waals surface area (Å²) in [4.78, 5) is 0. The molecule has 2 aromatic rings. The minimum atomic E-state index is 0.100. The van der Waals surface area contributed by atoms with E-state index in [0.717, 1.165) is 26.1 Å². The van der Waals surface area contributed by atoms with Crippen LogP contribution in [-0.2, 0) is 0 Å². The first kappa shape index (κ1) is 15.0. The Morgan fingerprint density at radius 2 is 1.79 bits per heavy atom. The molecule has 0 bridgehead atoms. The predicted molar refractivity (Wildman–Crippen MR) is 88.8 cm³/mol. The maximum absolute atomic E-state index is 6.41. The molecule has 4 heteroatoms. The second-order valence-corrected chi connectivity index (χ2v) is 6.33. The van der Waals surface area contributed by atoms with Gasteiger partial charge in [-0.2, -0.15) is 0 Å². The third kappa shape index (κ3) is 3.60. The van der Waals surface area contributed by atoms with E-state index in [-0.39, 0.29) is 6.04 Å². The fourth-order valence-electron chi connectivity index (χ4n) is 2.01. The van der Waals surface area contributed by atoms with Crippen LogP contribution in [0.1, 0.15) is 24.1 Å². The summed E-state index contributed by atoms with van der Waals surface area (Å²) in [6, 6.07) is 14.4. The summed E-state index contributed by atoms with van der Waals surface area (Å²) in [6.45, 7) is 2.97. The second kappa shape index (κ2) is 6.89. The Morgan fingerprint density at radius 1 is 1.11 bits per heavy atom. The van der Waals surface area contributed by atoms with Crippen molar-refractivity contribution in [1.82, 2.24) is 5.32 Å². The van der Waals surface area contributed by atoms with Gasteiger partial charge in [0.25, 0.3) is 0 Å². The number of hydrogen-bond acceptors (Lipinski definition) is 1. The Morgan fingerprint density at radius 3 is 2.42 bits per heavy atom. The largest absolute Gasteiger partial charge is 0.306 e. The van der Waals surface area contributed by atoms with Crippen LogP contribution in [0.2, 0.25) is 5.02 Å². The normalized spacial score (nSPS) is 12.4. The van der Waals surface area contributed by atoms with Crippen molar-refractivity contribution < 1.29 is 0 Å². The first-order chi connectivity index (χ1) is 9.13. The molecule has 0 aliphatic rings. The highest BCUT2D eigenvalue weighted by Crippen LogP contribution is 2.33. The van der Waals surface area contributed by atoms with Gasteiger partial charge in [-0.15, -0.1) is 0 Å². The van der Waals surface area contributed by atoms with E-state index in [1.54, 1.807) is 0 Å². The van der Waals surface area contributed by atoms with E-state index in [1.165, 1.54) is 5.56 Å². The molecule has 1 nitrogen and oxygen atoms in total. The summed E-state index contributed by atoms with van der Waals surface area (Å²) in [6.07, 6.45) is 0. The van der Waals surface area contributed by atoms with Gasteiger partial charge in [-0.05, 0) is 51.8 Å². The zero-order chi connectivity index (χ0) is 13.8. The molecule has 0 heterocycles. The third-order valence-corrected chi connectivity index (χ3v) is 4.74. The molecule has 2 rings (SSSR count). The van der Waals surface area contributed by atoms with Crippen molar-refractivity contribution in [2.45, 2.75) is 13.0 Å². The first-order valence-electron chi connectivity index (χ1n) is 6.06. The fraction of sp³-hybridized carbons (Fsp3) is 0.200. The molecule has 19 heavy (non-hydrogen) atoms. The van der Waals surface area contributed by atoms with Crippen LogP contribution in [0, 0.1) is 0 Å². The topological polar surface area (TPSA) is 12.0 Å². The molecule has 0 aliphatic heterocycles. The van der Waals surface area contributed by atoms with Gasteiger partial charge in [-0.3, -0.25) is 0 Å². The van der Waals surface area contributed by atoms with E-state index in [0.29, 0.717) is 0 Å². The minimum absolute atomic E-state index is 0.100. The monoisotopic (exact) mass is 401 g/mol. The van der Waals surface area contributed by atoms with Crippen molar-refractivity contribution >= 4 is 43.5 Å². The van der Waals surface area contributed by atoms with Crippen LogP contribution in [0.15, 0.2) is 51.4 Å². The molecular formula is C15H14Br2ClN. The highest BCUT2D eigenvalue weighted by molar-refractivity contribution is 9.10. The van der Waals surface area contributed by atoms with E-state index in [9.17, 15) is 0 Å². The Bertz CT molecular complexity index is 555. The average molecular weight is 404 g/mol. The van der Waals surface area contributed by atoms with Crippen molar-refractivity contribution in [1.29, 1.82) is 0 Å². The second-order valence-electron chi connectivity index (χ2n) is 4.19. The van der Waals surface area contributed by atoms with Crippen LogP contribution >= 0.6 is 43.5 Å². The fourth-order valence-corrected chi connectivity index (χ4v) is 2.89. The van der Waals surface area contributed by atoms with Gasteiger partial charge in [0.1, 0.15) is 0 Å². The predicted octanol–water partition coefficient (Wildman–Crippen LogP) is 5.56. The van der Waals surface area contributed by atoms with Gasteiger partial charge in [-0.1, -0.05) is 58.7 Å². The van der Waals surface area contributed by atoms with Crippen molar-refractivity contribution in [2.75, 3.05) is 6.54 Å². The summed E-state index contributed by atoms with van der Waals surface area (Å²) in [5.41, 5.74) is 2.28. The lowest BCUT2D eigenvalue weighted by atomic mass is 9.98. The van der Waals surface area contributed by atoms with Gasteiger partial charge in [0.2, 0.25) is 0 Å². The molecule has 0 amide bonds. The van der Waals surface area contributed by atoms with E-state index >= 15 is 0 Å². The summed E-state index contributed by atoms with van der Waals surface area (Å²) >= 11 is 13.4. The number of hydrogen-bond donors (Lipinski definition) is 1. The van der Waals surface area contributed by atoms with Crippen LogP contribution in [0.3, 0.4) is 0 Å². The Hall–Kier alpha value is -0.350. The summed E-state index contributed by atoms with van der Waals surface area (Å²) in [5.74, 6) is 0.